The third kappa shape index (κ3) is 3.57. The van der Waals surface area contributed by atoms with Crippen LogP contribution in [0, 0.1) is 38.6 Å². The summed E-state index contributed by atoms with van der Waals surface area (Å²) in [6, 6.07) is 6.01. The Hall–Kier alpha value is -1.96. The van der Waals surface area contributed by atoms with Gasteiger partial charge in [0, 0.05) is 6.07 Å². The molecule has 0 aliphatic heterocycles. The molecule has 4 nitrogen and oxygen atoms in total. The summed E-state index contributed by atoms with van der Waals surface area (Å²) < 4.78 is 13.5. The van der Waals surface area contributed by atoms with E-state index in [1.165, 1.54) is 12.1 Å². The average Bonchev–Trinajstić information content (AvgIpc) is 2.46. The minimum atomic E-state index is -0.616. The lowest BCUT2D eigenvalue weighted by Gasteiger charge is -2.35. The Bertz CT molecular complexity index is 582. The summed E-state index contributed by atoms with van der Waals surface area (Å²) in [6.07, 6.45) is 5.12. The molecule has 1 aromatic rings. The molecule has 2 unspecified atom stereocenters. The fraction of sp³-hybridized carbons (Fsp3) is 0.562. The molecular weight excluding hydrogens is 271 g/mol. The van der Waals surface area contributed by atoms with Crippen LogP contribution in [0.2, 0.25) is 0 Å². The zero-order valence-electron chi connectivity index (χ0n) is 12.1. The molecule has 112 valence electrons. The number of benzene rings is 1. The zero-order chi connectivity index (χ0) is 15.5. The smallest absolute Gasteiger partial charge is 0.258 e. The van der Waals surface area contributed by atoms with Crippen molar-refractivity contribution >= 4 is 5.69 Å². The molecular formula is C16H19FN2O2. The van der Waals surface area contributed by atoms with Crippen molar-refractivity contribution in [2.24, 2.45) is 11.3 Å². The van der Waals surface area contributed by atoms with Crippen LogP contribution in [0.25, 0.3) is 0 Å². The van der Waals surface area contributed by atoms with Gasteiger partial charge in [-0.05, 0) is 36.8 Å². The van der Waals surface area contributed by atoms with Gasteiger partial charge >= 0.3 is 0 Å². The minimum absolute atomic E-state index is 0.249. The van der Waals surface area contributed by atoms with E-state index in [2.05, 4.69) is 13.0 Å². The highest BCUT2D eigenvalue weighted by molar-refractivity contribution is 5.36. The summed E-state index contributed by atoms with van der Waals surface area (Å²) in [4.78, 5) is 10.2. The van der Waals surface area contributed by atoms with Gasteiger partial charge in [0.1, 0.15) is 5.82 Å². The van der Waals surface area contributed by atoms with Gasteiger partial charge in [-0.3, -0.25) is 10.1 Å². The molecule has 1 aromatic carbocycles. The molecule has 0 spiro atoms. The lowest BCUT2D eigenvalue weighted by atomic mass is 9.67. The third-order valence-electron chi connectivity index (χ3n) is 4.46. The van der Waals surface area contributed by atoms with E-state index in [0.29, 0.717) is 17.9 Å². The molecule has 0 bridgehead atoms. The van der Waals surface area contributed by atoms with E-state index < -0.39 is 16.2 Å². The number of nitriles is 1. The average molecular weight is 290 g/mol. The molecule has 5 heteroatoms. The van der Waals surface area contributed by atoms with Crippen molar-refractivity contribution in [3.05, 3.63) is 39.7 Å². The van der Waals surface area contributed by atoms with Crippen LogP contribution in [0.15, 0.2) is 18.2 Å². The van der Waals surface area contributed by atoms with Gasteiger partial charge in [0.2, 0.25) is 0 Å². The standard InChI is InChI=1S/C16H19FN2O2/c1-2-12-4-3-5-16(9-12,11-18)10-13-6-14(17)8-15(7-13)19(20)21/h6-8,12H,2-5,9-10H2,1H3. The van der Waals surface area contributed by atoms with Crippen LogP contribution in [0.4, 0.5) is 10.1 Å². The van der Waals surface area contributed by atoms with Crippen LogP contribution >= 0.6 is 0 Å². The molecule has 1 fully saturated rings. The van der Waals surface area contributed by atoms with Gasteiger partial charge in [-0.15, -0.1) is 0 Å². The molecule has 0 aromatic heterocycles. The minimum Gasteiger partial charge on any atom is -0.258 e. The van der Waals surface area contributed by atoms with Crippen LogP contribution in [-0.4, -0.2) is 4.92 Å². The number of non-ortho nitro benzene ring substituents is 1. The second kappa shape index (κ2) is 6.21. The van der Waals surface area contributed by atoms with E-state index in [-0.39, 0.29) is 5.69 Å². The van der Waals surface area contributed by atoms with Crippen LogP contribution in [0.3, 0.4) is 0 Å². The second-order valence-corrected chi connectivity index (χ2v) is 6.01. The summed E-state index contributed by atoms with van der Waals surface area (Å²) in [5.41, 5.74) is -0.221. The van der Waals surface area contributed by atoms with Crippen molar-refractivity contribution < 1.29 is 9.31 Å². The topological polar surface area (TPSA) is 66.9 Å². The highest BCUT2D eigenvalue weighted by Crippen LogP contribution is 2.43. The maximum atomic E-state index is 13.5. The Morgan fingerprint density at radius 3 is 2.90 bits per heavy atom. The van der Waals surface area contributed by atoms with Crippen LogP contribution in [0.5, 0.6) is 0 Å². The predicted molar refractivity (Wildman–Crippen MR) is 77.1 cm³/mol. The van der Waals surface area contributed by atoms with Gasteiger partial charge in [-0.25, -0.2) is 4.39 Å². The molecule has 0 saturated heterocycles. The monoisotopic (exact) mass is 290 g/mol. The molecule has 0 radical (unpaired) electrons. The first-order valence-corrected chi connectivity index (χ1v) is 7.33. The van der Waals surface area contributed by atoms with E-state index in [4.69, 9.17) is 0 Å². The lowest BCUT2D eigenvalue weighted by Crippen LogP contribution is -2.29. The highest BCUT2D eigenvalue weighted by Gasteiger charge is 2.36. The Labute approximate surface area is 123 Å². The van der Waals surface area contributed by atoms with Crippen LogP contribution in [-0.2, 0) is 6.42 Å². The number of nitro groups is 1. The Morgan fingerprint density at radius 2 is 2.29 bits per heavy atom. The number of nitro benzene ring substituents is 1. The van der Waals surface area contributed by atoms with Gasteiger partial charge in [0.05, 0.1) is 22.5 Å². The molecule has 0 amide bonds. The molecule has 21 heavy (non-hydrogen) atoms. The van der Waals surface area contributed by atoms with E-state index in [1.807, 2.05) is 0 Å². The SMILES string of the molecule is CCC1CCCC(C#N)(Cc2cc(F)cc([N+](=O)[O-])c2)C1. The number of rotatable bonds is 4. The van der Waals surface area contributed by atoms with Crippen molar-refractivity contribution in [2.75, 3.05) is 0 Å². The zero-order valence-corrected chi connectivity index (χ0v) is 12.1. The Kier molecular flexibility index (Phi) is 4.56. The van der Waals surface area contributed by atoms with E-state index in [9.17, 15) is 19.8 Å². The third-order valence-corrected chi connectivity index (χ3v) is 4.46. The quantitative estimate of drug-likeness (QED) is 0.610. The van der Waals surface area contributed by atoms with Crippen LogP contribution in [0.1, 0.15) is 44.6 Å². The Balaban J connectivity index is 2.26. The van der Waals surface area contributed by atoms with Crippen molar-refractivity contribution in [2.45, 2.75) is 45.4 Å². The van der Waals surface area contributed by atoms with E-state index >= 15 is 0 Å². The van der Waals surface area contributed by atoms with Crippen LogP contribution < -0.4 is 0 Å². The largest absolute Gasteiger partial charge is 0.272 e. The molecule has 2 rings (SSSR count). The predicted octanol–water partition coefficient (Wildman–Crippen LogP) is 4.39. The first kappa shape index (κ1) is 15.4. The maximum Gasteiger partial charge on any atom is 0.272 e. The van der Waals surface area contributed by atoms with E-state index in [1.54, 1.807) is 0 Å². The van der Waals surface area contributed by atoms with Gasteiger partial charge in [0.25, 0.3) is 5.69 Å². The summed E-state index contributed by atoms with van der Waals surface area (Å²) in [5, 5.41) is 20.4. The molecule has 0 N–H and O–H groups in total. The summed E-state index contributed by atoms with van der Waals surface area (Å²) >= 11 is 0. The summed E-state index contributed by atoms with van der Waals surface area (Å²) in [5.74, 6) is -0.0999. The fourth-order valence-electron chi connectivity index (χ4n) is 3.37. The normalized spacial score (nSPS) is 25.3. The highest BCUT2D eigenvalue weighted by atomic mass is 19.1. The molecule has 1 saturated carbocycles. The number of hydrogen-bond acceptors (Lipinski definition) is 3. The lowest BCUT2D eigenvalue weighted by molar-refractivity contribution is -0.385. The number of halogens is 1. The van der Waals surface area contributed by atoms with Gasteiger partial charge in [-0.2, -0.15) is 5.26 Å². The maximum absolute atomic E-state index is 13.5. The molecule has 0 heterocycles. The van der Waals surface area contributed by atoms with Gasteiger partial charge < -0.3 is 0 Å². The second-order valence-electron chi connectivity index (χ2n) is 6.01. The first-order valence-electron chi connectivity index (χ1n) is 7.33. The van der Waals surface area contributed by atoms with Crippen molar-refractivity contribution in [1.29, 1.82) is 5.26 Å². The molecule has 1 aliphatic rings. The molecule has 2 atom stereocenters. The van der Waals surface area contributed by atoms with Crippen molar-refractivity contribution in [3.63, 3.8) is 0 Å². The summed E-state index contributed by atoms with van der Waals surface area (Å²) in [7, 11) is 0. The molecule has 1 aliphatic carbocycles. The van der Waals surface area contributed by atoms with Gasteiger partial charge in [-0.1, -0.05) is 26.2 Å². The summed E-state index contributed by atoms with van der Waals surface area (Å²) in [6.45, 7) is 2.12. The fourth-order valence-corrected chi connectivity index (χ4v) is 3.37. The van der Waals surface area contributed by atoms with Gasteiger partial charge in [0.15, 0.2) is 0 Å². The number of nitrogens with zero attached hydrogens (tertiary/aromatic N) is 2. The first-order chi connectivity index (χ1) is 9.98. The van der Waals surface area contributed by atoms with Crippen molar-refractivity contribution in [3.8, 4) is 6.07 Å². The van der Waals surface area contributed by atoms with Crippen molar-refractivity contribution in [1.82, 2.24) is 0 Å². The Morgan fingerprint density at radius 1 is 1.52 bits per heavy atom. The van der Waals surface area contributed by atoms with E-state index in [0.717, 1.165) is 38.2 Å². The number of hydrogen-bond donors (Lipinski definition) is 0.